The predicted octanol–water partition coefficient (Wildman–Crippen LogP) is 2.05. The fraction of sp³-hybridized carbons (Fsp3) is 0.214. The van der Waals surface area contributed by atoms with Crippen LogP contribution in [0.25, 0.3) is 0 Å². The van der Waals surface area contributed by atoms with E-state index in [4.69, 9.17) is 5.11 Å². The summed E-state index contributed by atoms with van der Waals surface area (Å²) in [6, 6.07) is 6.94. The van der Waals surface area contributed by atoms with E-state index in [1.807, 2.05) is 6.26 Å². The first-order valence-corrected chi connectivity index (χ1v) is 7.63. The lowest BCUT2D eigenvalue weighted by Crippen LogP contribution is -2.41. The molecule has 0 saturated carbocycles. The number of amides is 2. The number of aromatic nitrogens is 2. The molecule has 2 amide bonds. The third-order valence-electron chi connectivity index (χ3n) is 3.22. The molecule has 1 aliphatic rings. The summed E-state index contributed by atoms with van der Waals surface area (Å²) >= 11 is 1.43. The van der Waals surface area contributed by atoms with E-state index < -0.39 is 0 Å². The predicted molar refractivity (Wildman–Crippen MR) is 80.6 cm³/mol. The minimum Gasteiger partial charge on any atom is -0.392 e. The summed E-state index contributed by atoms with van der Waals surface area (Å²) < 4.78 is 0. The van der Waals surface area contributed by atoms with E-state index in [0.717, 1.165) is 11.1 Å². The Kier molecular flexibility index (Phi) is 3.76. The normalized spacial score (nSPS) is 13.8. The number of thioether (sulfide) groups is 1. The molecular formula is C14H14N4O2S. The lowest BCUT2D eigenvalue weighted by Gasteiger charge is -2.28. The van der Waals surface area contributed by atoms with Crippen molar-refractivity contribution in [1.29, 1.82) is 0 Å². The Hall–Kier alpha value is -2.12. The molecule has 0 unspecified atom stereocenters. The molecule has 1 aromatic heterocycles. The van der Waals surface area contributed by atoms with Crippen molar-refractivity contribution in [1.82, 2.24) is 15.3 Å². The fourth-order valence-electron chi connectivity index (χ4n) is 2.13. The highest BCUT2D eigenvalue weighted by atomic mass is 32.2. The molecule has 1 aliphatic heterocycles. The SMILES string of the molecule is CSc1ncc2c(n1)N(c1ccc(CO)cc1)C(=O)NC2. The summed E-state index contributed by atoms with van der Waals surface area (Å²) in [6.45, 7) is 0.399. The molecule has 7 heteroatoms. The standard InChI is InChI=1S/C14H14N4O2S/c1-21-13-15-6-10-7-16-14(20)18(12(10)17-13)11-4-2-9(8-19)3-5-11/h2-6,19H,7-8H2,1H3,(H,16,20). The quantitative estimate of drug-likeness (QED) is 0.670. The number of nitrogens with one attached hydrogen (secondary N) is 1. The summed E-state index contributed by atoms with van der Waals surface area (Å²) in [6.07, 6.45) is 3.63. The Balaban J connectivity index is 2.06. The van der Waals surface area contributed by atoms with Gasteiger partial charge in [0.2, 0.25) is 0 Å². The van der Waals surface area contributed by atoms with Crippen molar-refractivity contribution in [2.75, 3.05) is 11.2 Å². The molecule has 0 fully saturated rings. The first-order valence-electron chi connectivity index (χ1n) is 6.40. The second-order valence-corrected chi connectivity index (χ2v) is 5.30. The first-order chi connectivity index (χ1) is 10.2. The number of rotatable bonds is 3. The molecule has 0 bridgehead atoms. The monoisotopic (exact) mass is 302 g/mol. The van der Waals surface area contributed by atoms with Crippen molar-refractivity contribution in [2.24, 2.45) is 0 Å². The van der Waals surface area contributed by atoms with Crippen LogP contribution in [0.2, 0.25) is 0 Å². The van der Waals surface area contributed by atoms with E-state index in [-0.39, 0.29) is 12.6 Å². The number of benzene rings is 1. The maximum Gasteiger partial charge on any atom is 0.327 e. The minimum absolute atomic E-state index is 0.0259. The van der Waals surface area contributed by atoms with Gasteiger partial charge in [-0.25, -0.2) is 19.7 Å². The molecule has 2 N–H and O–H groups in total. The van der Waals surface area contributed by atoms with Crippen LogP contribution in [-0.4, -0.2) is 27.4 Å². The van der Waals surface area contributed by atoms with E-state index in [0.29, 0.717) is 23.2 Å². The largest absolute Gasteiger partial charge is 0.392 e. The summed E-state index contributed by atoms with van der Waals surface area (Å²) in [5.74, 6) is 0.606. The van der Waals surface area contributed by atoms with Crippen LogP contribution in [-0.2, 0) is 13.2 Å². The highest BCUT2D eigenvalue weighted by Crippen LogP contribution is 2.30. The van der Waals surface area contributed by atoms with Crippen LogP contribution >= 0.6 is 11.8 Å². The number of fused-ring (bicyclic) bond motifs is 1. The number of hydrogen-bond acceptors (Lipinski definition) is 5. The lowest BCUT2D eigenvalue weighted by atomic mass is 10.1. The molecule has 0 saturated heterocycles. The van der Waals surface area contributed by atoms with Crippen molar-refractivity contribution >= 4 is 29.3 Å². The molecule has 2 heterocycles. The Morgan fingerprint density at radius 1 is 1.38 bits per heavy atom. The van der Waals surface area contributed by atoms with Crippen LogP contribution < -0.4 is 10.2 Å². The van der Waals surface area contributed by atoms with Crippen LogP contribution in [0.4, 0.5) is 16.3 Å². The molecule has 3 rings (SSSR count). The fourth-order valence-corrected chi connectivity index (χ4v) is 2.47. The van der Waals surface area contributed by atoms with Gasteiger partial charge in [0.15, 0.2) is 11.0 Å². The Labute approximate surface area is 126 Å². The minimum atomic E-state index is -0.218. The average Bonchev–Trinajstić information content (AvgIpc) is 2.54. The molecule has 0 atom stereocenters. The molecule has 2 aromatic rings. The van der Waals surface area contributed by atoms with Crippen molar-refractivity contribution < 1.29 is 9.90 Å². The summed E-state index contributed by atoms with van der Waals surface area (Å²) in [5, 5.41) is 12.5. The summed E-state index contributed by atoms with van der Waals surface area (Å²) in [7, 11) is 0. The van der Waals surface area contributed by atoms with E-state index in [2.05, 4.69) is 15.3 Å². The molecular weight excluding hydrogens is 288 g/mol. The van der Waals surface area contributed by atoms with Crippen LogP contribution in [0.15, 0.2) is 35.6 Å². The summed E-state index contributed by atoms with van der Waals surface area (Å²) in [4.78, 5) is 22.4. The van der Waals surface area contributed by atoms with Crippen LogP contribution in [0.1, 0.15) is 11.1 Å². The van der Waals surface area contributed by atoms with Gasteiger partial charge in [-0.15, -0.1) is 0 Å². The highest BCUT2D eigenvalue weighted by Gasteiger charge is 2.27. The number of nitrogens with zero attached hydrogens (tertiary/aromatic N) is 3. The summed E-state index contributed by atoms with van der Waals surface area (Å²) in [5.41, 5.74) is 2.37. The van der Waals surface area contributed by atoms with Gasteiger partial charge in [0, 0.05) is 18.3 Å². The van der Waals surface area contributed by atoms with Crippen molar-refractivity contribution in [3.63, 3.8) is 0 Å². The van der Waals surface area contributed by atoms with Gasteiger partial charge in [-0.05, 0) is 24.0 Å². The molecule has 0 radical (unpaired) electrons. The van der Waals surface area contributed by atoms with E-state index in [1.165, 1.54) is 16.7 Å². The number of carbonyl (C=O) groups excluding carboxylic acids is 1. The number of urea groups is 1. The zero-order valence-electron chi connectivity index (χ0n) is 11.4. The Morgan fingerprint density at radius 2 is 2.14 bits per heavy atom. The maximum atomic E-state index is 12.2. The molecule has 1 aromatic carbocycles. The zero-order valence-corrected chi connectivity index (χ0v) is 12.2. The number of carbonyl (C=O) groups is 1. The van der Waals surface area contributed by atoms with Crippen LogP contribution in [0, 0.1) is 0 Å². The van der Waals surface area contributed by atoms with Gasteiger partial charge >= 0.3 is 6.03 Å². The van der Waals surface area contributed by atoms with Gasteiger partial charge in [-0.1, -0.05) is 23.9 Å². The zero-order chi connectivity index (χ0) is 14.8. The molecule has 0 spiro atoms. The van der Waals surface area contributed by atoms with E-state index in [1.54, 1.807) is 30.5 Å². The van der Waals surface area contributed by atoms with Gasteiger partial charge in [0.1, 0.15) is 0 Å². The van der Waals surface area contributed by atoms with Gasteiger partial charge in [0.05, 0.1) is 12.3 Å². The third-order valence-corrected chi connectivity index (χ3v) is 3.79. The molecule has 0 aliphatic carbocycles. The van der Waals surface area contributed by atoms with Gasteiger partial charge in [-0.2, -0.15) is 0 Å². The van der Waals surface area contributed by atoms with Gasteiger partial charge in [-0.3, -0.25) is 0 Å². The number of aliphatic hydroxyl groups excluding tert-OH is 1. The Morgan fingerprint density at radius 3 is 2.81 bits per heavy atom. The number of hydrogen-bond donors (Lipinski definition) is 2. The lowest BCUT2D eigenvalue weighted by molar-refractivity contribution is 0.246. The maximum absolute atomic E-state index is 12.2. The van der Waals surface area contributed by atoms with Crippen LogP contribution in [0.5, 0.6) is 0 Å². The van der Waals surface area contributed by atoms with Crippen LogP contribution in [0.3, 0.4) is 0 Å². The van der Waals surface area contributed by atoms with Gasteiger partial charge in [0.25, 0.3) is 0 Å². The van der Waals surface area contributed by atoms with E-state index >= 15 is 0 Å². The van der Waals surface area contributed by atoms with E-state index in [9.17, 15) is 4.79 Å². The Bertz CT molecular complexity index is 675. The smallest absolute Gasteiger partial charge is 0.327 e. The van der Waals surface area contributed by atoms with Crippen molar-refractivity contribution in [3.05, 3.63) is 41.6 Å². The number of anilines is 2. The molecule has 21 heavy (non-hydrogen) atoms. The number of aliphatic hydroxyl groups is 1. The third kappa shape index (κ3) is 2.57. The highest BCUT2D eigenvalue weighted by molar-refractivity contribution is 7.98. The topological polar surface area (TPSA) is 78.3 Å². The second kappa shape index (κ2) is 5.71. The van der Waals surface area contributed by atoms with Crippen molar-refractivity contribution in [2.45, 2.75) is 18.3 Å². The van der Waals surface area contributed by atoms with Crippen molar-refractivity contribution in [3.8, 4) is 0 Å². The molecule has 108 valence electrons. The average molecular weight is 302 g/mol. The molecule has 6 nitrogen and oxygen atoms in total. The van der Waals surface area contributed by atoms with Gasteiger partial charge < -0.3 is 10.4 Å². The second-order valence-electron chi connectivity index (χ2n) is 4.52. The first kappa shape index (κ1) is 13.8.